The summed E-state index contributed by atoms with van der Waals surface area (Å²) in [4.78, 5) is 9.35. The van der Waals surface area contributed by atoms with Crippen LogP contribution in [-0.2, 0) is 0 Å². The Morgan fingerprint density at radius 3 is 2.45 bits per heavy atom. The molecule has 0 aliphatic rings. The molecular formula is C14H9F3N2OS2. The Kier molecular flexibility index (Phi) is 3.65. The van der Waals surface area contributed by atoms with Crippen LogP contribution >= 0.6 is 22.7 Å². The molecule has 3 nitrogen and oxygen atoms in total. The van der Waals surface area contributed by atoms with Crippen molar-refractivity contribution in [2.75, 3.05) is 0 Å². The Morgan fingerprint density at radius 2 is 1.82 bits per heavy atom. The van der Waals surface area contributed by atoms with E-state index in [-0.39, 0.29) is 10.6 Å². The first kappa shape index (κ1) is 15.0. The van der Waals surface area contributed by atoms with Crippen LogP contribution in [0.15, 0.2) is 11.4 Å². The van der Waals surface area contributed by atoms with Gasteiger partial charge in [0.25, 0.3) is 0 Å². The van der Waals surface area contributed by atoms with Crippen molar-refractivity contribution in [1.29, 1.82) is 0 Å². The quantitative estimate of drug-likeness (QED) is 0.688. The van der Waals surface area contributed by atoms with Crippen LogP contribution in [-0.4, -0.2) is 15.1 Å². The van der Waals surface area contributed by atoms with Gasteiger partial charge in [0.15, 0.2) is 17.4 Å². The summed E-state index contributed by atoms with van der Waals surface area (Å²) < 4.78 is 40.7. The molecule has 2 heterocycles. The molecule has 0 spiro atoms. The van der Waals surface area contributed by atoms with E-state index in [2.05, 4.69) is 9.97 Å². The smallest absolute Gasteiger partial charge is 0.204 e. The van der Waals surface area contributed by atoms with Crippen LogP contribution in [0.4, 0.5) is 13.2 Å². The molecule has 22 heavy (non-hydrogen) atoms. The van der Waals surface area contributed by atoms with Gasteiger partial charge in [0.1, 0.15) is 5.01 Å². The predicted molar refractivity (Wildman–Crippen MR) is 79.7 cm³/mol. The standard InChI is InChI=1S/C14H9F3N2OS2/c1-5-13(22-6(2)18-5)9-4-21-14(19-9)7-3-8(15)12(20)11(17)10(7)16/h3-4,20H,1-2H3. The zero-order valence-electron chi connectivity index (χ0n) is 11.4. The number of hydrogen-bond donors (Lipinski definition) is 1. The Labute approximate surface area is 131 Å². The van der Waals surface area contributed by atoms with Gasteiger partial charge in [0.2, 0.25) is 5.82 Å². The molecule has 0 amide bonds. The van der Waals surface area contributed by atoms with Gasteiger partial charge in [-0.2, -0.15) is 4.39 Å². The summed E-state index contributed by atoms with van der Waals surface area (Å²) in [7, 11) is 0. The lowest BCUT2D eigenvalue weighted by atomic mass is 10.2. The SMILES string of the molecule is Cc1nc(C)c(-c2csc(-c3cc(F)c(O)c(F)c3F)n2)s1. The Bertz CT molecular complexity index is 873. The number of aromatic nitrogens is 2. The minimum absolute atomic E-state index is 0.135. The van der Waals surface area contributed by atoms with Crippen LogP contribution < -0.4 is 0 Å². The second-order valence-corrected chi connectivity index (χ2v) is 6.63. The number of phenols is 1. The molecule has 1 aromatic carbocycles. The molecule has 0 aliphatic carbocycles. The maximum Gasteiger partial charge on any atom is 0.204 e. The largest absolute Gasteiger partial charge is 0.503 e. The third kappa shape index (κ3) is 2.38. The molecule has 0 unspecified atom stereocenters. The average molecular weight is 342 g/mol. The number of rotatable bonds is 2. The molecule has 0 bridgehead atoms. The summed E-state index contributed by atoms with van der Waals surface area (Å²) in [6.45, 7) is 3.69. The Hall–Kier alpha value is -1.93. The van der Waals surface area contributed by atoms with Gasteiger partial charge < -0.3 is 5.11 Å². The van der Waals surface area contributed by atoms with E-state index in [4.69, 9.17) is 5.11 Å². The summed E-state index contributed by atoms with van der Waals surface area (Å²) in [6.07, 6.45) is 0. The van der Waals surface area contributed by atoms with Crippen molar-refractivity contribution in [2.24, 2.45) is 0 Å². The summed E-state index contributed by atoms with van der Waals surface area (Å²) in [5, 5.41) is 11.8. The second kappa shape index (κ2) is 5.36. The van der Waals surface area contributed by atoms with Gasteiger partial charge in [-0.1, -0.05) is 0 Å². The van der Waals surface area contributed by atoms with Crippen LogP contribution in [0.2, 0.25) is 0 Å². The lowest BCUT2D eigenvalue weighted by molar-refractivity contribution is 0.377. The maximum atomic E-state index is 13.9. The Balaban J connectivity index is 2.10. The average Bonchev–Trinajstić information content (AvgIpc) is 3.07. The second-order valence-electron chi connectivity index (χ2n) is 4.57. The van der Waals surface area contributed by atoms with Crippen molar-refractivity contribution in [3.8, 4) is 26.9 Å². The van der Waals surface area contributed by atoms with Crippen LogP contribution in [0.1, 0.15) is 10.7 Å². The van der Waals surface area contributed by atoms with E-state index in [1.165, 1.54) is 11.3 Å². The first-order chi connectivity index (χ1) is 10.4. The number of aryl methyl sites for hydroxylation is 2. The van der Waals surface area contributed by atoms with Gasteiger partial charge in [-0.25, -0.2) is 18.7 Å². The minimum Gasteiger partial charge on any atom is -0.503 e. The van der Waals surface area contributed by atoms with E-state index < -0.39 is 23.2 Å². The molecule has 114 valence electrons. The van der Waals surface area contributed by atoms with E-state index in [0.29, 0.717) is 5.69 Å². The van der Waals surface area contributed by atoms with E-state index >= 15 is 0 Å². The van der Waals surface area contributed by atoms with Crippen molar-refractivity contribution >= 4 is 22.7 Å². The third-order valence-electron chi connectivity index (χ3n) is 3.01. The first-order valence-corrected chi connectivity index (χ1v) is 7.85. The van der Waals surface area contributed by atoms with Crippen LogP contribution in [0.3, 0.4) is 0 Å². The number of phenolic OH excluding ortho intramolecular Hbond substituents is 1. The van der Waals surface area contributed by atoms with Crippen LogP contribution in [0.25, 0.3) is 21.1 Å². The molecule has 3 aromatic rings. The van der Waals surface area contributed by atoms with Gasteiger partial charge in [-0.3, -0.25) is 0 Å². The van der Waals surface area contributed by atoms with Gasteiger partial charge in [-0.15, -0.1) is 22.7 Å². The molecule has 0 atom stereocenters. The van der Waals surface area contributed by atoms with Crippen LogP contribution in [0.5, 0.6) is 5.75 Å². The number of nitrogens with zero attached hydrogens (tertiary/aromatic N) is 2. The molecule has 0 saturated heterocycles. The molecule has 2 aromatic heterocycles. The van der Waals surface area contributed by atoms with Gasteiger partial charge in [-0.05, 0) is 19.9 Å². The first-order valence-electron chi connectivity index (χ1n) is 6.15. The monoisotopic (exact) mass is 342 g/mol. The van der Waals surface area contributed by atoms with Crippen LogP contribution in [0, 0.1) is 31.3 Å². The number of halogens is 3. The number of aromatic hydroxyl groups is 1. The highest BCUT2D eigenvalue weighted by molar-refractivity contribution is 7.16. The van der Waals surface area contributed by atoms with Crippen molar-refractivity contribution < 1.29 is 18.3 Å². The Morgan fingerprint density at radius 1 is 1.09 bits per heavy atom. The number of hydrogen-bond acceptors (Lipinski definition) is 5. The minimum atomic E-state index is -1.61. The molecule has 0 saturated carbocycles. The van der Waals surface area contributed by atoms with Crippen molar-refractivity contribution in [3.63, 3.8) is 0 Å². The molecule has 0 fully saturated rings. The number of thiazole rings is 2. The summed E-state index contributed by atoms with van der Waals surface area (Å²) in [5.41, 5.74) is 1.06. The highest BCUT2D eigenvalue weighted by atomic mass is 32.1. The number of benzene rings is 1. The zero-order valence-corrected chi connectivity index (χ0v) is 13.1. The fourth-order valence-electron chi connectivity index (χ4n) is 2.01. The van der Waals surface area contributed by atoms with E-state index in [0.717, 1.165) is 33.0 Å². The van der Waals surface area contributed by atoms with Crippen molar-refractivity contribution in [3.05, 3.63) is 39.6 Å². The lowest BCUT2D eigenvalue weighted by Crippen LogP contribution is -1.93. The molecule has 1 N–H and O–H groups in total. The zero-order chi connectivity index (χ0) is 16.0. The fourth-order valence-corrected chi connectivity index (χ4v) is 3.79. The summed E-state index contributed by atoms with van der Waals surface area (Å²) >= 11 is 2.51. The highest BCUT2D eigenvalue weighted by Gasteiger charge is 2.21. The lowest BCUT2D eigenvalue weighted by Gasteiger charge is -2.03. The fraction of sp³-hybridized carbons (Fsp3) is 0.143. The highest BCUT2D eigenvalue weighted by Crippen LogP contribution is 2.37. The molecule has 0 aliphatic heterocycles. The third-order valence-corrected chi connectivity index (χ3v) is 4.98. The van der Waals surface area contributed by atoms with Gasteiger partial charge in [0, 0.05) is 5.38 Å². The summed E-state index contributed by atoms with van der Waals surface area (Å²) in [6, 6.07) is 0.737. The van der Waals surface area contributed by atoms with E-state index in [1.54, 1.807) is 5.38 Å². The van der Waals surface area contributed by atoms with Gasteiger partial charge >= 0.3 is 0 Å². The topological polar surface area (TPSA) is 46.0 Å². The van der Waals surface area contributed by atoms with Crippen molar-refractivity contribution in [2.45, 2.75) is 13.8 Å². The predicted octanol–water partition coefficient (Wildman–Crippen LogP) is 4.67. The maximum absolute atomic E-state index is 13.9. The normalized spacial score (nSPS) is 11.1. The molecule has 8 heteroatoms. The molecular weight excluding hydrogens is 333 g/mol. The van der Waals surface area contributed by atoms with E-state index in [9.17, 15) is 13.2 Å². The molecule has 3 rings (SSSR count). The van der Waals surface area contributed by atoms with E-state index in [1.807, 2.05) is 13.8 Å². The van der Waals surface area contributed by atoms with Crippen molar-refractivity contribution in [1.82, 2.24) is 9.97 Å². The molecule has 0 radical (unpaired) electrons. The summed E-state index contributed by atoms with van der Waals surface area (Å²) in [5.74, 6) is -5.49. The van der Waals surface area contributed by atoms with Gasteiger partial charge in [0.05, 0.1) is 26.8 Å².